The molecule has 3 aliphatic rings. The second-order valence-electron chi connectivity index (χ2n) is 13.7. The highest BCUT2D eigenvalue weighted by atomic mass is 35.6. The van der Waals surface area contributed by atoms with Crippen molar-refractivity contribution in [3.05, 3.63) is 0 Å². The Kier molecular flexibility index (Phi) is 21.6. The molecule has 0 radical (unpaired) electrons. The standard InChI is InChI=1S/C11H20N2O4.C9H17NO3.C6H12N2O2.C3H9ClSi.ClH/c1-11(2,3)17-10(15)13-6-5-8(7-13)16-9(14)12-4;1-9(2,3)13-8(12)10-5-4-7(11)6-10;1-7-6(9)10-5-2-3-8-4-5;1-5(2,3)4;/h8H,5-7H2,1-4H3,(H,12,14);7,11H,4-6H2,1-3H3;5,8H,2-4H2,1H3,(H,7,9);1-3H3;1H. The maximum atomic E-state index is 11.7. The lowest BCUT2D eigenvalue weighted by atomic mass is 10.2. The van der Waals surface area contributed by atoms with E-state index in [0.29, 0.717) is 39.0 Å². The fraction of sp³-hybridized carbons (Fsp3) is 0.862. The SMILES string of the molecule is CC(C)(C)OC(=O)N1CCC(O)C1.CNC(=O)OC1CCN(C(=O)OC(C)(C)C)C1.CNC(=O)OC1CCNC1.C[Si](C)(C)Cl.Cl. The fourth-order valence-corrected chi connectivity index (χ4v) is 3.70. The Morgan fingerprint density at radius 1 is 0.783 bits per heavy atom. The predicted octanol–water partition coefficient (Wildman–Crippen LogP) is 4.53. The summed E-state index contributed by atoms with van der Waals surface area (Å²) in [5.74, 6) is 0. The van der Waals surface area contributed by atoms with Gasteiger partial charge in [-0.3, -0.25) is 0 Å². The molecule has 3 rings (SSSR count). The van der Waals surface area contributed by atoms with Crippen LogP contribution in [0.5, 0.6) is 0 Å². The molecule has 0 saturated carbocycles. The lowest BCUT2D eigenvalue weighted by Crippen LogP contribution is -2.36. The van der Waals surface area contributed by atoms with Gasteiger partial charge in [0.15, 0.2) is 0 Å². The van der Waals surface area contributed by atoms with Crippen LogP contribution in [0.25, 0.3) is 0 Å². The molecule has 0 aromatic carbocycles. The molecule has 17 heteroatoms. The van der Waals surface area contributed by atoms with Crippen molar-refractivity contribution in [3.63, 3.8) is 0 Å². The fourth-order valence-electron chi connectivity index (χ4n) is 3.70. The minimum absolute atomic E-state index is 0. The van der Waals surface area contributed by atoms with Crippen LogP contribution in [0.4, 0.5) is 19.2 Å². The summed E-state index contributed by atoms with van der Waals surface area (Å²) in [7, 11) is 1.92. The van der Waals surface area contributed by atoms with Crippen LogP contribution in [0.3, 0.4) is 0 Å². The van der Waals surface area contributed by atoms with Crippen molar-refractivity contribution in [2.75, 3.05) is 53.4 Å². The number of aliphatic hydroxyl groups excluding tert-OH is 1. The lowest BCUT2D eigenvalue weighted by Gasteiger charge is -2.24. The molecule has 0 spiro atoms. The quantitative estimate of drug-likeness (QED) is 0.181. The minimum atomic E-state index is -1.14. The first kappa shape index (κ1) is 45.9. The summed E-state index contributed by atoms with van der Waals surface area (Å²) in [6.07, 6.45) is 0.161. The Labute approximate surface area is 287 Å². The van der Waals surface area contributed by atoms with Crippen LogP contribution in [-0.4, -0.2) is 130 Å². The highest BCUT2D eigenvalue weighted by molar-refractivity contribution is 7.18. The first-order chi connectivity index (χ1) is 20.5. The number of rotatable bonds is 2. The van der Waals surface area contributed by atoms with Gasteiger partial charge in [0.25, 0.3) is 0 Å². The Bertz CT molecular complexity index is 918. The molecule has 3 saturated heterocycles. The summed E-state index contributed by atoms with van der Waals surface area (Å²) in [5.41, 5.74) is -0.957. The van der Waals surface area contributed by atoms with Gasteiger partial charge in [-0.1, -0.05) is 19.6 Å². The summed E-state index contributed by atoms with van der Waals surface area (Å²) >= 11 is 5.67. The van der Waals surface area contributed by atoms with E-state index in [4.69, 9.17) is 30.0 Å². The Hall–Kier alpha value is -2.20. The van der Waals surface area contributed by atoms with Gasteiger partial charge >= 0.3 is 24.4 Å². The average Bonchev–Trinajstić information content (AvgIpc) is 3.64. The van der Waals surface area contributed by atoms with Crippen LogP contribution in [0.1, 0.15) is 60.8 Å². The number of hydrogen-bond acceptors (Lipinski definition) is 10. The summed E-state index contributed by atoms with van der Waals surface area (Å²) in [4.78, 5) is 47.8. The molecule has 0 aliphatic carbocycles. The molecule has 0 bridgehead atoms. The van der Waals surface area contributed by atoms with Crippen LogP contribution in [0.15, 0.2) is 0 Å². The third-order valence-corrected chi connectivity index (χ3v) is 5.58. The second-order valence-corrected chi connectivity index (χ2v) is 21.2. The first-order valence-corrected chi connectivity index (χ1v) is 19.8. The molecule has 3 fully saturated rings. The molecule has 3 heterocycles. The Morgan fingerprint density at radius 3 is 1.54 bits per heavy atom. The largest absolute Gasteiger partial charge is 0.445 e. The zero-order valence-electron chi connectivity index (χ0n) is 29.5. The van der Waals surface area contributed by atoms with Gasteiger partial charge in [-0.15, -0.1) is 12.4 Å². The molecular formula is C29H59Cl2N5O9Si. The van der Waals surface area contributed by atoms with E-state index in [0.717, 1.165) is 19.5 Å². The molecule has 272 valence electrons. The molecule has 3 aliphatic heterocycles. The van der Waals surface area contributed by atoms with E-state index in [9.17, 15) is 24.3 Å². The number of alkyl carbamates (subject to hydrolysis) is 2. The van der Waals surface area contributed by atoms with Crippen molar-refractivity contribution >= 4 is 55.2 Å². The van der Waals surface area contributed by atoms with E-state index in [1.54, 1.807) is 11.9 Å². The summed E-state index contributed by atoms with van der Waals surface area (Å²) < 4.78 is 20.4. The molecule has 46 heavy (non-hydrogen) atoms. The van der Waals surface area contributed by atoms with Crippen molar-refractivity contribution in [2.24, 2.45) is 0 Å². The number of amides is 4. The van der Waals surface area contributed by atoms with E-state index in [1.807, 2.05) is 41.5 Å². The van der Waals surface area contributed by atoms with E-state index in [-0.39, 0.29) is 49.0 Å². The van der Waals surface area contributed by atoms with Gasteiger partial charge < -0.3 is 49.8 Å². The number of nitrogens with one attached hydrogen (secondary N) is 3. The number of hydrogen-bond donors (Lipinski definition) is 4. The van der Waals surface area contributed by atoms with E-state index < -0.39 is 24.7 Å². The van der Waals surface area contributed by atoms with Crippen molar-refractivity contribution in [2.45, 2.75) is 110 Å². The normalized spacial score (nSPS) is 20.6. The predicted molar refractivity (Wildman–Crippen MR) is 183 cm³/mol. The van der Waals surface area contributed by atoms with Gasteiger partial charge in [0.1, 0.15) is 30.8 Å². The van der Waals surface area contributed by atoms with Crippen LogP contribution in [-0.2, 0) is 18.9 Å². The van der Waals surface area contributed by atoms with E-state index in [2.05, 4.69) is 35.6 Å². The van der Waals surface area contributed by atoms with Crippen LogP contribution in [0, 0.1) is 0 Å². The monoisotopic (exact) mass is 719 g/mol. The summed E-state index contributed by atoms with van der Waals surface area (Å²) in [5, 5.41) is 17.1. The first-order valence-electron chi connectivity index (χ1n) is 15.3. The molecule has 3 atom stereocenters. The highest BCUT2D eigenvalue weighted by Gasteiger charge is 2.32. The molecule has 4 amide bonds. The number of nitrogens with zero attached hydrogens (tertiary/aromatic N) is 2. The smallest absolute Gasteiger partial charge is 0.410 e. The van der Waals surface area contributed by atoms with Crippen LogP contribution < -0.4 is 16.0 Å². The maximum absolute atomic E-state index is 11.7. The average molecular weight is 721 g/mol. The third-order valence-electron chi connectivity index (χ3n) is 5.58. The third kappa shape index (κ3) is 25.0. The number of halogens is 2. The van der Waals surface area contributed by atoms with Crippen LogP contribution in [0.2, 0.25) is 19.6 Å². The molecule has 14 nitrogen and oxygen atoms in total. The molecule has 3 unspecified atom stereocenters. The van der Waals surface area contributed by atoms with Gasteiger partial charge in [-0.05, 0) is 60.9 Å². The van der Waals surface area contributed by atoms with E-state index in [1.165, 1.54) is 11.9 Å². The Morgan fingerprint density at radius 2 is 1.20 bits per heavy atom. The number of aliphatic hydroxyl groups is 1. The molecular weight excluding hydrogens is 661 g/mol. The topological polar surface area (TPSA) is 168 Å². The van der Waals surface area contributed by atoms with Crippen molar-refractivity contribution in [1.29, 1.82) is 0 Å². The number of β-amino-alcohol motifs (C(OH)–C–C–N with tert-alkyl or cyclic N) is 1. The lowest BCUT2D eigenvalue weighted by molar-refractivity contribution is 0.0255. The van der Waals surface area contributed by atoms with Crippen molar-refractivity contribution in [1.82, 2.24) is 25.8 Å². The number of likely N-dealkylation sites (tertiary alicyclic amines) is 2. The van der Waals surface area contributed by atoms with Crippen LogP contribution >= 0.6 is 23.5 Å². The van der Waals surface area contributed by atoms with Crippen molar-refractivity contribution in [3.8, 4) is 0 Å². The molecule has 4 N–H and O–H groups in total. The zero-order chi connectivity index (χ0) is 35.0. The van der Waals surface area contributed by atoms with Gasteiger partial charge in [-0.2, -0.15) is 11.1 Å². The number of carbonyl (C=O) groups is 4. The van der Waals surface area contributed by atoms with Gasteiger partial charge in [0.05, 0.1) is 12.6 Å². The summed E-state index contributed by atoms with van der Waals surface area (Å²) in [6.45, 7) is 20.9. The highest BCUT2D eigenvalue weighted by Crippen LogP contribution is 2.17. The zero-order valence-corrected chi connectivity index (χ0v) is 32.1. The second kappa shape index (κ2) is 21.6. The molecule has 0 aromatic heterocycles. The number of carbonyl (C=O) groups excluding carboxylic acids is 4. The number of ether oxygens (including phenoxy) is 4. The van der Waals surface area contributed by atoms with E-state index >= 15 is 0 Å². The van der Waals surface area contributed by atoms with Gasteiger partial charge in [-0.25, -0.2) is 19.2 Å². The molecule has 0 aromatic rings. The van der Waals surface area contributed by atoms with Crippen molar-refractivity contribution < 1.29 is 43.2 Å². The van der Waals surface area contributed by atoms with Gasteiger partial charge in [0.2, 0.25) is 0 Å². The van der Waals surface area contributed by atoms with Gasteiger partial charge in [0, 0.05) is 46.7 Å². The maximum Gasteiger partial charge on any atom is 0.410 e. The minimum Gasteiger partial charge on any atom is -0.445 e. The Balaban J connectivity index is 0. The summed E-state index contributed by atoms with van der Waals surface area (Å²) in [6, 6.07) is 0.